The summed E-state index contributed by atoms with van der Waals surface area (Å²) in [5.41, 5.74) is -0.0856. The van der Waals surface area contributed by atoms with Gasteiger partial charge in [-0.25, -0.2) is 4.98 Å². The topological polar surface area (TPSA) is 90.7 Å². The number of pyridine rings is 1. The maximum absolute atomic E-state index is 10.2. The molecule has 0 spiro atoms. The number of aromatic nitrogens is 1. The molecule has 0 aromatic carbocycles. The van der Waals surface area contributed by atoms with Gasteiger partial charge in [-0.3, -0.25) is 4.79 Å². The maximum atomic E-state index is 10.2. The Morgan fingerprint density at radius 2 is 2.17 bits per heavy atom. The monoisotopic (exact) mass is 167 g/mol. The number of carbonyl (C=O) groups is 1. The number of rotatable bonds is 2. The first kappa shape index (κ1) is 8.70. The highest BCUT2D eigenvalue weighted by molar-refractivity contribution is 6.58. The van der Waals surface area contributed by atoms with Crippen molar-refractivity contribution in [1.82, 2.24) is 4.98 Å². The van der Waals surface area contributed by atoms with Crippen LogP contribution in [0.3, 0.4) is 0 Å². The third kappa shape index (κ3) is 1.61. The molecule has 62 valence electrons. The second-order valence-electron chi connectivity index (χ2n) is 2.16. The number of nitrogens with zero attached hydrogens (tertiary/aromatic N) is 1. The second kappa shape index (κ2) is 3.33. The Labute approximate surface area is 68.5 Å². The van der Waals surface area contributed by atoms with Gasteiger partial charge in [0.15, 0.2) is 6.29 Å². The number of aromatic hydroxyl groups is 1. The molecular formula is C6H6BNO4. The Morgan fingerprint density at radius 1 is 1.50 bits per heavy atom. The summed E-state index contributed by atoms with van der Waals surface area (Å²) in [5.74, 6) is -0.365. The van der Waals surface area contributed by atoms with Crippen molar-refractivity contribution >= 4 is 18.9 Å². The fourth-order valence-corrected chi connectivity index (χ4v) is 0.711. The summed E-state index contributed by atoms with van der Waals surface area (Å²) < 4.78 is 0. The first-order chi connectivity index (χ1) is 5.65. The quantitative estimate of drug-likeness (QED) is 0.360. The van der Waals surface area contributed by atoms with Gasteiger partial charge in [-0.05, 0) is 6.07 Å². The van der Waals surface area contributed by atoms with E-state index in [0.29, 0.717) is 6.29 Å². The first-order valence-corrected chi connectivity index (χ1v) is 3.15. The van der Waals surface area contributed by atoms with Crippen LogP contribution in [0.4, 0.5) is 0 Å². The molecule has 1 aromatic rings. The summed E-state index contributed by atoms with van der Waals surface area (Å²) in [6.45, 7) is 0. The van der Waals surface area contributed by atoms with Gasteiger partial charge in [-0.15, -0.1) is 0 Å². The number of hydrogen-bond donors (Lipinski definition) is 3. The molecule has 0 atom stereocenters. The Kier molecular flexibility index (Phi) is 2.42. The minimum atomic E-state index is -1.69. The van der Waals surface area contributed by atoms with E-state index in [1.54, 1.807) is 0 Å². The van der Waals surface area contributed by atoms with Crippen molar-refractivity contribution in [3.63, 3.8) is 0 Å². The van der Waals surface area contributed by atoms with E-state index in [2.05, 4.69) is 4.98 Å². The van der Waals surface area contributed by atoms with Crippen molar-refractivity contribution in [3.8, 4) is 5.75 Å². The lowest BCUT2D eigenvalue weighted by molar-refractivity contribution is 0.111. The van der Waals surface area contributed by atoms with Crippen LogP contribution in [0.15, 0.2) is 12.3 Å². The van der Waals surface area contributed by atoms with E-state index in [1.807, 2.05) is 0 Å². The lowest BCUT2D eigenvalue weighted by Crippen LogP contribution is -2.30. The molecule has 6 heteroatoms. The molecule has 0 aliphatic carbocycles. The van der Waals surface area contributed by atoms with Crippen LogP contribution in [-0.2, 0) is 0 Å². The summed E-state index contributed by atoms with van der Waals surface area (Å²) in [4.78, 5) is 13.6. The molecule has 1 rings (SSSR count). The van der Waals surface area contributed by atoms with Crippen molar-refractivity contribution in [2.24, 2.45) is 0 Å². The largest absolute Gasteiger partial charge is 0.506 e. The number of aldehydes is 1. The zero-order valence-electron chi connectivity index (χ0n) is 6.01. The highest BCUT2D eigenvalue weighted by atomic mass is 16.4. The van der Waals surface area contributed by atoms with Crippen LogP contribution in [0.2, 0.25) is 0 Å². The normalized spacial score (nSPS) is 9.50. The minimum absolute atomic E-state index is 0.0399. The van der Waals surface area contributed by atoms with Crippen molar-refractivity contribution in [3.05, 3.63) is 18.0 Å². The highest BCUT2D eigenvalue weighted by Crippen LogP contribution is 2.08. The molecule has 3 N–H and O–H groups in total. The summed E-state index contributed by atoms with van der Waals surface area (Å²) in [7, 11) is -1.69. The molecule has 0 unspecified atom stereocenters. The predicted molar refractivity (Wildman–Crippen MR) is 41.1 cm³/mol. The van der Waals surface area contributed by atoms with Gasteiger partial charge in [-0.2, -0.15) is 0 Å². The van der Waals surface area contributed by atoms with E-state index < -0.39 is 7.12 Å². The van der Waals surface area contributed by atoms with Crippen molar-refractivity contribution in [2.45, 2.75) is 0 Å². The molecule has 0 bridgehead atoms. The van der Waals surface area contributed by atoms with Gasteiger partial charge in [0.05, 0.1) is 0 Å². The summed E-state index contributed by atoms with van der Waals surface area (Å²) in [6, 6.07) is 1.07. The summed E-state index contributed by atoms with van der Waals surface area (Å²) in [6.07, 6.45) is 1.48. The Balaban J connectivity index is 3.10. The van der Waals surface area contributed by atoms with Gasteiger partial charge in [0.2, 0.25) is 0 Å². The standard InChI is InChI=1S/C6H6BNO4/c9-3-5-6(10)1-4(2-8-5)7(11)12/h1-3,10-12H. The van der Waals surface area contributed by atoms with Crippen LogP contribution in [0, 0.1) is 0 Å². The molecule has 0 fully saturated rings. The summed E-state index contributed by atoms with van der Waals surface area (Å²) in [5, 5.41) is 26.3. The Morgan fingerprint density at radius 3 is 2.58 bits per heavy atom. The maximum Gasteiger partial charge on any atom is 0.490 e. The average Bonchev–Trinajstić information content (AvgIpc) is 2.04. The minimum Gasteiger partial charge on any atom is -0.506 e. The van der Waals surface area contributed by atoms with E-state index in [1.165, 1.54) is 0 Å². The molecule has 0 aliphatic heterocycles. The van der Waals surface area contributed by atoms with Crippen LogP contribution in [0.5, 0.6) is 5.75 Å². The lowest BCUT2D eigenvalue weighted by Gasteiger charge is -2.00. The fourth-order valence-electron chi connectivity index (χ4n) is 0.711. The fraction of sp³-hybridized carbons (Fsp3) is 0. The van der Waals surface area contributed by atoms with E-state index in [4.69, 9.17) is 15.2 Å². The average molecular weight is 167 g/mol. The molecule has 5 nitrogen and oxygen atoms in total. The molecule has 0 aliphatic rings. The van der Waals surface area contributed by atoms with E-state index >= 15 is 0 Å². The Bertz CT molecular complexity index is 302. The van der Waals surface area contributed by atoms with Crippen LogP contribution in [0.1, 0.15) is 10.5 Å². The number of hydrogen-bond acceptors (Lipinski definition) is 5. The van der Waals surface area contributed by atoms with Crippen molar-refractivity contribution in [2.75, 3.05) is 0 Å². The van der Waals surface area contributed by atoms with E-state index in [9.17, 15) is 4.79 Å². The van der Waals surface area contributed by atoms with Crippen molar-refractivity contribution < 1.29 is 19.9 Å². The van der Waals surface area contributed by atoms with Crippen LogP contribution in [0.25, 0.3) is 0 Å². The van der Waals surface area contributed by atoms with Gasteiger partial charge >= 0.3 is 7.12 Å². The molecular weight excluding hydrogens is 161 g/mol. The third-order valence-corrected chi connectivity index (χ3v) is 1.33. The molecule has 0 saturated carbocycles. The SMILES string of the molecule is O=Cc1ncc(B(O)O)cc1O. The molecule has 0 amide bonds. The number of carbonyl (C=O) groups excluding carboxylic acids is 1. The van der Waals surface area contributed by atoms with Crippen molar-refractivity contribution in [1.29, 1.82) is 0 Å². The molecule has 0 radical (unpaired) electrons. The molecule has 1 heterocycles. The summed E-state index contributed by atoms with van der Waals surface area (Å²) >= 11 is 0. The third-order valence-electron chi connectivity index (χ3n) is 1.33. The molecule has 1 aromatic heterocycles. The second-order valence-corrected chi connectivity index (χ2v) is 2.16. The zero-order chi connectivity index (χ0) is 9.14. The molecule has 12 heavy (non-hydrogen) atoms. The highest BCUT2D eigenvalue weighted by Gasteiger charge is 2.13. The van der Waals surface area contributed by atoms with Gasteiger partial charge in [-0.1, -0.05) is 0 Å². The van der Waals surface area contributed by atoms with Crippen LogP contribution in [-0.4, -0.2) is 33.5 Å². The van der Waals surface area contributed by atoms with Crippen LogP contribution >= 0.6 is 0 Å². The predicted octanol–water partition coefficient (Wildman–Crippen LogP) is -1.72. The van der Waals surface area contributed by atoms with Gasteiger partial charge in [0.1, 0.15) is 11.4 Å². The van der Waals surface area contributed by atoms with E-state index in [-0.39, 0.29) is 16.9 Å². The van der Waals surface area contributed by atoms with E-state index in [0.717, 1.165) is 12.3 Å². The first-order valence-electron chi connectivity index (χ1n) is 3.15. The van der Waals surface area contributed by atoms with Gasteiger partial charge in [0.25, 0.3) is 0 Å². The zero-order valence-corrected chi connectivity index (χ0v) is 6.01. The lowest BCUT2D eigenvalue weighted by atomic mass is 9.81. The molecule has 0 saturated heterocycles. The van der Waals surface area contributed by atoms with Gasteiger partial charge < -0.3 is 15.2 Å². The van der Waals surface area contributed by atoms with Crippen LogP contribution < -0.4 is 5.46 Å². The van der Waals surface area contributed by atoms with Gasteiger partial charge in [0, 0.05) is 11.7 Å². The Hall–Kier alpha value is -1.40. The smallest absolute Gasteiger partial charge is 0.490 e.